The highest BCUT2D eigenvalue weighted by Crippen LogP contribution is 2.25. The van der Waals surface area contributed by atoms with Crippen molar-refractivity contribution in [2.45, 2.75) is 26.3 Å². The van der Waals surface area contributed by atoms with Gasteiger partial charge in [-0.3, -0.25) is 9.10 Å². The number of anilines is 1. The van der Waals surface area contributed by atoms with Crippen LogP contribution in [-0.2, 0) is 14.8 Å². The van der Waals surface area contributed by atoms with Crippen molar-refractivity contribution in [2.75, 3.05) is 24.2 Å². The molecule has 2 aromatic rings. The van der Waals surface area contributed by atoms with Gasteiger partial charge in [-0.15, -0.1) is 0 Å². The monoisotopic (exact) mass is 424 g/mol. The van der Waals surface area contributed by atoms with Gasteiger partial charge in [-0.2, -0.15) is 0 Å². The average molecular weight is 425 g/mol. The molecule has 1 N–H and O–H groups in total. The molecule has 0 heterocycles. The number of hydrogen-bond donors (Lipinski definition) is 1. The summed E-state index contributed by atoms with van der Waals surface area (Å²) >= 11 is 5.97. The Balaban J connectivity index is 2.20. The maximum absolute atomic E-state index is 12.6. The molecular formula is C20H25ClN2O4S. The van der Waals surface area contributed by atoms with Crippen LogP contribution in [0.4, 0.5) is 5.69 Å². The van der Waals surface area contributed by atoms with Crippen LogP contribution in [0.2, 0.25) is 5.02 Å². The summed E-state index contributed by atoms with van der Waals surface area (Å²) in [6, 6.07) is 11.9. The number of halogens is 1. The Morgan fingerprint density at radius 2 is 1.96 bits per heavy atom. The SMILES string of the molecule is CC[C@@H](NC(=O)CN(c1cccc(Cl)c1)S(C)(=O)=O)c1ccc(OC)c(C)c1. The smallest absolute Gasteiger partial charge is 0.241 e. The summed E-state index contributed by atoms with van der Waals surface area (Å²) in [5, 5.41) is 3.31. The first-order chi connectivity index (χ1) is 13.2. The minimum absolute atomic E-state index is 0.238. The van der Waals surface area contributed by atoms with Gasteiger partial charge in [-0.25, -0.2) is 8.42 Å². The van der Waals surface area contributed by atoms with E-state index in [-0.39, 0.29) is 12.6 Å². The molecule has 0 bridgehead atoms. The van der Waals surface area contributed by atoms with Crippen molar-refractivity contribution in [1.82, 2.24) is 5.32 Å². The molecule has 0 aliphatic heterocycles. The second-order valence-corrected chi connectivity index (χ2v) is 8.85. The first-order valence-electron chi connectivity index (χ1n) is 8.83. The van der Waals surface area contributed by atoms with Crippen LogP contribution in [-0.4, -0.2) is 34.2 Å². The van der Waals surface area contributed by atoms with E-state index >= 15 is 0 Å². The highest BCUT2D eigenvalue weighted by atomic mass is 35.5. The predicted octanol–water partition coefficient (Wildman–Crippen LogP) is 3.69. The lowest BCUT2D eigenvalue weighted by Crippen LogP contribution is -2.41. The van der Waals surface area contributed by atoms with E-state index in [1.54, 1.807) is 25.3 Å². The lowest BCUT2D eigenvalue weighted by Gasteiger charge is -2.24. The van der Waals surface area contributed by atoms with Crippen molar-refractivity contribution in [1.29, 1.82) is 0 Å². The summed E-state index contributed by atoms with van der Waals surface area (Å²) in [6.45, 7) is 3.56. The zero-order valence-corrected chi connectivity index (χ0v) is 18.0. The standard InChI is InChI=1S/C20H25ClN2O4S/c1-5-18(15-9-10-19(27-3)14(2)11-15)22-20(24)13-23(28(4,25)26)17-8-6-7-16(21)12-17/h6-12,18H,5,13H2,1-4H3,(H,22,24)/t18-/m1/s1. The van der Waals surface area contributed by atoms with Gasteiger partial charge in [0.1, 0.15) is 12.3 Å². The summed E-state index contributed by atoms with van der Waals surface area (Å²) < 4.78 is 30.7. The van der Waals surface area contributed by atoms with E-state index in [0.717, 1.165) is 27.4 Å². The third kappa shape index (κ3) is 5.62. The minimum Gasteiger partial charge on any atom is -0.496 e. The van der Waals surface area contributed by atoms with Crippen molar-refractivity contribution < 1.29 is 17.9 Å². The molecule has 0 saturated heterocycles. The molecule has 0 aromatic heterocycles. The van der Waals surface area contributed by atoms with E-state index in [4.69, 9.17) is 16.3 Å². The van der Waals surface area contributed by atoms with E-state index in [9.17, 15) is 13.2 Å². The summed E-state index contributed by atoms with van der Waals surface area (Å²) in [5.74, 6) is 0.375. The molecule has 0 unspecified atom stereocenters. The number of nitrogens with zero attached hydrogens (tertiary/aromatic N) is 1. The van der Waals surface area contributed by atoms with E-state index < -0.39 is 15.9 Å². The Labute approximate surface area is 171 Å². The molecule has 0 spiro atoms. The quantitative estimate of drug-likeness (QED) is 0.701. The van der Waals surface area contributed by atoms with Crippen molar-refractivity contribution in [3.05, 3.63) is 58.6 Å². The molecule has 0 radical (unpaired) electrons. The Hall–Kier alpha value is -2.25. The van der Waals surface area contributed by atoms with Gasteiger partial charge >= 0.3 is 0 Å². The summed E-state index contributed by atoms with van der Waals surface area (Å²) in [5.41, 5.74) is 2.24. The van der Waals surface area contributed by atoms with Crippen LogP contribution in [0, 0.1) is 6.92 Å². The number of hydrogen-bond acceptors (Lipinski definition) is 4. The number of nitrogens with one attached hydrogen (secondary N) is 1. The topological polar surface area (TPSA) is 75.7 Å². The molecule has 1 amide bonds. The fourth-order valence-corrected chi connectivity index (χ4v) is 3.97. The van der Waals surface area contributed by atoms with Gasteiger partial charge in [-0.05, 0) is 48.7 Å². The Morgan fingerprint density at radius 1 is 1.25 bits per heavy atom. The van der Waals surface area contributed by atoms with E-state index in [1.165, 1.54) is 6.07 Å². The van der Waals surface area contributed by atoms with Crippen molar-refractivity contribution >= 4 is 33.2 Å². The number of carbonyl (C=O) groups excluding carboxylic acids is 1. The molecule has 28 heavy (non-hydrogen) atoms. The van der Waals surface area contributed by atoms with Gasteiger partial charge in [-0.1, -0.05) is 36.7 Å². The molecule has 2 rings (SSSR count). The molecule has 152 valence electrons. The lowest BCUT2D eigenvalue weighted by atomic mass is 10.0. The van der Waals surface area contributed by atoms with Crippen LogP contribution >= 0.6 is 11.6 Å². The fourth-order valence-electron chi connectivity index (χ4n) is 2.94. The van der Waals surface area contributed by atoms with E-state index in [2.05, 4.69) is 5.32 Å². The molecular weight excluding hydrogens is 400 g/mol. The number of amides is 1. The second-order valence-electron chi connectivity index (χ2n) is 6.51. The van der Waals surface area contributed by atoms with Crippen LogP contribution in [0.1, 0.15) is 30.5 Å². The van der Waals surface area contributed by atoms with Crippen LogP contribution in [0.3, 0.4) is 0 Å². The van der Waals surface area contributed by atoms with Crippen LogP contribution in [0.25, 0.3) is 0 Å². The van der Waals surface area contributed by atoms with Gasteiger partial charge < -0.3 is 10.1 Å². The zero-order chi connectivity index (χ0) is 20.9. The third-order valence-corrected chi connectivity index (χ3v) is 5.72. The molecule has 8 heteroatoms. The maximum atomic E-state index is 12.6. The summed E-state index contributed by atoms with van der Waals surface area (Å²) in [4.78, 5) is 12.6. The Morgan fingerprint density at radius 3 is 2.50 bits per heavy atom. The number of benzene rings is 2. The largest absolute Gasteiger partial charge is 0.496 e. The molecule has 0 aliphatic rings. The Bertz CT molecular complexity index is 947. The van der Waals surface area contributed by atoms with Gasteiger partial charge in [0, 0.05) is 5.02 Å². The van der Waals surface area contributed by atoms with Crippen molar-refractivity contribution in [3.8, 4) is 5.75 Å². The van der Waals surface area contributed by atoms with Gasteiger partial charge in [0.25, 0.3) is 0 Å². The number of rotatable bonds is 8. The van der Waals surface area contributed by atoms with Gasteiger partial charge in [0.2, 0.25) is 15.9 Å². The second kappa shape index (κ2) is 9.30. The van der Waals surface area contributed by atoms with Gasteiger partial charge in [0.15, 0.2) is 0 Å². The normalized spacial score (nSPS) is 12.3. The van der Waals surface area contributed by atoms with E-state index in [1.807, 2.05) is 32.0 Å². The summed E-state index contributed by atoms with van der Waals surface area (Å²) in [7, 11) is -2.05. The lowest BCUT2D eigenvalue weighted by molar-refractivity contribution is -0.120. The zero-order valence-electron chi connectivity index (χ0n) is 16.4. The first kappa shape index (κ1) is 22.0. The number of carbonyl (C=O) groups is 1. The van der Waals surface area contributed by atoms with Crippen molar-refractivity contribution in [3.63, 3.8) is 0 Å². The average Bonchev–Trinajstić information content (AvgIpc) is 2.63. The highest BCUT2D eigenvalue weighted by Gasteiger charge is 2.23. The van der Waals surface area contributed by atoms with Crippen molar-refractivity contribution in [2.24, 2.45) is 0 Å². The molecule has 2 aromatic carbocycles. The van der Waals surface area contributed by atoms with Crippen LogP contribution < -0.4 is 14.4 Å². The van der Waals surface area contributed by atoms with Gasteiger partial charge in [0.05, 0.1) is 25.1 Å². The van der Waals surface area contributed by atoms with Crippen LogP contribution in [0.15, 0.2) is 42.5 Å². The Kier molecular flexibility index (Phi) is 7.32. The molecule has 1 atom stereocenters. The maximum Gasteiger partial charge on any atom is 0.241 e. The third-order valence-electron chi connectivity index (χ3n) is 4.35. The first-order valence-corrected chi connectivity index (χ1v) is 11.1. The highest BCUT2D eigenvalue weighted by molar-refractivity contribution is 7.92. The number of ether oxygens (including phenoxy) is 1. The molecule has 0 aliphatic carbocycles. The minimum atomic E-state index is -3.66. The molecule has 6 nitrogen and oxygen atoms in total. The molecule has 0 fully saturated rings. The fraction of sp³-hybridized carbons (Fsp3) is 0.350. The van der Waals surface area contributed by atoms with E-state index in [0.29, 0.717) is 17.1 Å². The molecule has 0 saturated carbocycles. The number of aryl methyl sites for hydroxylation is 1. The van der Waals surface area contributed by atoms with Crippen LogP contribution in [0.5, 0.6) is 5.75 Å². The summed E-state index contributed by atoms with van der Waals surface area (Å²) in [6.07, 6.45) is 1.72. The number of sulfonamides is 1. The number of methoxy groups -OCH3 is 1. The predicted molar refractivity (Wildman–Crippen MR) is 113 cm³/mol.